The number of amides is 2. The van der Waals surface area contributed by atoms with E-state index in [1.54, 1.807) is 24.3 Å². The lowest BCUT2D eigenvalue weighted by Gasteiger charge is -2.32. The van der Waals surface area contributed by atoms with Crippen molar-refractivity contribution in [2.24, 2.45) is 0 Å². The maximum Gasteiger partial charge on any atom is 0.264 e. The van der Waals surface area contributed by atoms with Crippen molar-refractivity contribution in [1.29, 1.82) is 0 Å². The fourth-order valence-corrected chi connectivity index (χ4v) is 5.58. The highest BCUT2D eigenvalue weighted by Gasteiger charge is 2.33. The summed E-state index contributed by atoms with van der Waals surface area (Å²) in [6.45, 7) is 2.81. The predicted octanol–water partition coefficient (Wildman–Crippen LogP) is 5.27. The summed E-state index contributed by atoms with van der Waals surface area (Å²) in [7, 11) is -4.29. The topological polar surface area (TPSA) is 86.8 Å². The van der Waals surface area contributed by atoms with Gasteiger partial charge in [-0.15, -0.1) is 0 Å². The van der Waals surface area contributed by atoms with Crippen LogP contribution < -0.4 is 9.62 Å². The largest absolute Gasteiger partial charge is 0.354 e. The van der Waals surface area contributed by atoms with Crippen LogP contribution in [0.3, 0.4) is 0 Å². The number of nitrogens with one attached hydrogen (secondary N) is 1. The Morgan fingerprint density at radius 2 is 1.66 bits per heavy atom. The third-order valence-corrected chi connectivity index (χ3v) is 8.13. The molecule has 0 bridgehead atoms. The van der Waals surface area contributed by atoms with Crippen LogP contribution in [0.25, 0.3) is 0 Å². The van der Waals surface area contributed by atoms with Crippen LogP contribution in [-0.4, -0.2) is 44.3 Å². The smallest absolute Gasteiger partial charge is 0.264 e. The monoisotopic (exact) mass is 579 g/mol. The maximum absolute atomic E-state index is 14.5. The summed E-state index contributed by atoms with van der Waals surface area (Å²) >= 11 is 12.5. The number of carbonyl (C=O) groups excluding carboxylic acids is 2. The molecule has 3 aromatic carbocycles. The van der Waals surface area contributed by atoms with Crippen molar-refractivity contribution in [3.63, 3.8) is 0 Å². The minimum atomic E-state index is -4.29. The molecular formula is C27H28Cl2FN3O4S. The summed E-state index contributed by atoms with van der Waals surface area (Å²) in [6, 6.07) is 16.7. The van der Waals surface area contributed by atoms with E-state index >= 15 is 0 Å². The van der Waals surface area contributed by atoms with Crippen molar-refractivity contribution < 1.29 is 22.4 Å². The molecule has 0 saturated carbocycles. The van der Waals surface area contributed by atoms with Crippen molar-refractivity contribution in [2.45, 2.75) is 37.8 Å². The average Bonchev–Trinajstić information content (AvgIpc) is 2.91. The molecule has 38 heavy (non-hydrogen) atoms. The highest BCUT2D eigenvalue weighted by atomic mass is 35.5. The van der Waals surface area contributed by atoms with E-state index in [-0.39, 0.29) is 32.7 Å². The maximum atomic E-state index is 14.5. The molecule has 3 rings (SSSR count). The molecule has 1 atom stereocenters. The van der Waals surface area contributed by atoms with Gasteiger partial charge in [0.2, 0.25) is 11.8 Å². The van der Waals surface area contributed by atoms with Gasteiger partial charge in [0.1, 0.15) is 18.4 Å². The number of sulfonamides is 1. The van der Waals surface area contributed by atoms with Gasteiger partial charge in [0.05, 0.1) is 15.6 Å². The van der Waals surface area contributed by atoms with Gasteiger partial charge in [-0.05, 0) is 49.7 Å². The van der Waals surface area contributed by atoms with Crippen molar-refractivity contribution >= 4 is 50.7 Å². The van der Waals surface area contributed by atoms with Gasteiger partial charge in [-0.2, -0.15) is 0 Å². The molecule has 0 spiro atoms. The third kappa shape index (κ3) is 7.03. The summed E-state index contributed by atoms with van der Waals surface area (Å²) in [5.41, 5.74) is 0.166. The van der Waals surface area contributed by atoms with Crippen LogP contribution in [0.2, 0.25) is 10.0 Å². The Morgan fingerprint density at radius 1 is 1.00 bits per heavy atom. The third-order valence-electron chi connectivity index (χ3n) is 5.80. The molecule has 202 valence electrons. The van der Waals surface area contributed by atoms with Crippen molar-refractivity contribution in [3.8, 4) is 0 Å². The summed E-state index contributed by atoms with van der Waals surface area (Å²) < 4.78 is 42.8. The number of halogens is 3. The van der Waals surface area contributed by atoms with Crippen LogP contribution in [0.1, 0.15) is 25.8 Å². The quantitative estimate of drug-likeness (QED) is 0.335. The molecule has 0 aliphatic rings. The Hall–Kier alpha value is -3.14. The highest BCUT2D eigenvalue weighted by Crippen LogP contribution is 2.33. The van der Waals surface area contributed by atoms with Crippen LogP contribution in [0.5, 0.6) is 0 Å². The molecule has 0 saturated heterocycles. The molecule has 0 radical (unpaired) electrons. The molecule has 0 aliphatic carbocycles. The first-order chi connectivity index (χ1) is 18.1. The summed E-state index contributed by atoms with van der Waals surface area (Å²) in [6.07, 6.45) is 0.677. The Bertz CT molecular complexity index is 1390. The normalized spacial score (nSPS) is 12.0. The van der Waals surface area contributed by atoms with E-state index in [1.807, 2.05) is 6.92 Å². The van der Waals surface area contributed by atoms with Crippen LogP contribution in [0.4, 0.5) is 10.1 Å². The second-order valence-corrected chi connectivity index (χ2v) is 11.2. The van der Waals surface area contributed by atoms with Gasteiger partial charge in [-0.3, -0.25) is 13.9 Å². The number of hydrogen-bond donors (Lipinski definition) is 1. The second-order valence-electron chi connectivity index (χ2n) is 8.50. The zero-order valence-electron chi connectivity index (χ0n) is 20.9. The summed E-state index contributed by atoms with van der Waals surface area (Å²) in [4.78, 5) is 27.7. The number of rotatable bonds is 11. The first kappa shape index (κ1) is 29.4. The van der Waals surface area contributed by atoms with Crippen LogP contribution in [0, 0.1) is 5.82 Å². The van der Waals surface area contributed by atoms with Crippen LogP contribution in [-0.2, 0) is 26.2 Å². The Balaban J connectivity index is 2.06. The Morgan fingerprint density at radius 3 is 2.32 bits per heavy atom. The average molecular weight is 581 g/mol. The van der Waals surface area contributed by atoms with Gasteiger partial charge in [0.25, 0.3) is 10.0 Å². The van der Waals surface area contributed by atoms with Gasteiger partial charge >= 0.3 is 0 Å². The lowest BCUT2D eigenvalue weighted by molar-refractivity contribution is -0.139. The minimum Gasteiger partial charge on any atom is -0.354 e. The zero-order valence-corrected chi connectivity index (χ0v) is 23.2. The van der Waals surface area contributed by atoms with Gasteiger partial charge in [-0.25, -0.2) is 12.8 Å². The van der Waals surface area contributed by atoms with E-state index in [2.05, 4.69) is 5.32 Å². The van der Waals surface area contributed by atoms with E-state index in [4.69, 9.17) is 23.2 Å². The molecular weight excluding hydrogens is 552 g/mol. The summed E-state index contributed by atoms with van der Waals surface area (Å²) in [5, 5.41) is 2.99. The van der Waals surface area contributed by atoms with E-state index < -0.39 is 40.2 Å². The van der Waals surface area contributed by atoms with Crippen LogP contribution >= 0.6 is 23.2 Å². The molecule has 0 fully saturated rings. The molecule has 1 N–H and O–H groups in total. The first-order valence-corrected chi connectivity index (χ1v) is 14.1. The lowest BCUT2D eigenvalue weighted by Crippen LogP contribution is -2.51. The fourth-order valence-electron chi connectivity index (χ4n) is 3.70. The first-order valence-electron chi connectivity index (χ1n) is 11.9. The van der Waals surface area contributed by atoms with Gasteiger partial charge < -0.3 is 10.2 Å². The Kier molecular flexibility index (Phi) is 10.1. The minimum absolute atomic E-state index is 0.00898. The SMILES string of the molecule is CCCNC(=O)[C@H](C)N(Cc1ccccc1F)C(=O)CN(c1cc(Cl)ccc1Cl)S(=O)(=O)c1ccccc1. The number of hydrogen-bond acceptors (Lipinski definition) is 4. The molecule has 0 heterocycles. The van der Waals surface area contributed by atoms with Crippen molar-refractivity contribution in [1.82, 2.24) is 10.2 Å². The van der Waals surface area contributed by atoms with E-state index in [0.717, 1.165) is 9.21 Å². The molecule has 0 aromatic heterocycles. The highest BCUT2D eigenvalue weighted by molar-refractivity contribution is 7.92. The van der Waals surface area contributed by atoms with Gasteiger partial charge in [-0.1, -0.05) is 66.5 Å². The lowest BCUT2D eigenvalue weighted by atomic mass is 10.1. The number of carbonyl (C=O) groups is 2. The number of benzene rings is 3. The Labute approximate surface area is 232 Å². The van der Waals surface area contributed by atoms with Gasteiger partial charge in [0.15, 0.2) is 0 Å². The second kappa shape index (κ2) is 13.1. The molecule has 3 aromatic rings. The number of nitrogens with zero attached hydrogens (tertiary/aromatic N) is 2. The predicted molar refractivity (Wildman–Crippen MR) is 147 cm³/mol. The van der Waals surface area contributed by atoms with E-state index in [9.17, 15) is 22.4 Å². The van der Waals surface area contributed by atoms with Crippen LogP contribution in [0.15, 0.2) is 77.7 Å². The molecule has 2 amide bonds. The molecule has 7 nitrogen and oxygen atoms in total. The molecule has 11 heteroatoms. The number of anilines is 1. The zero-order chi connectivity index (χ0) is 27.9. The van der Waals surface area contributed by atoms with Gasteiger partial charge in [0, 0.05) is 23.7 Å². The fraction of sp³-hybridized carbons (Fsp3) is 0.259. The van der Waals surface area contributed by atoms with E-state index in [0.29, 0.717) is 13.0 Å². The standard InChI is InChI=1S/C27H28Cl2FN3O4S/c1-3-15-31-27(35)19(2)32(17-20-9-7-8-12-24(20)30)26(34)18-33(25-16-21(28)13-14-23(25)29)38(36,37)22-10-5-4-6-11-22/h4-14,16,19H,3,15,17-18H2,1-2H3,(H,31,35)/t19-/m0/s1. The van der Waals surface area contributed by atoms with E-state index in [1.165, 1.54) is 55.5 Å². The van der Waals surface area contributed by atoms with Crippen molar-refractivity contribution in [2.75, 3.05) is 17.4 Å². The summed E-state index contributed by atoms with van der Waals surface area (Å²) in [5.74, 6) is -1.74. The molecule has 0 aliphatic heterocycles. The van der Waals surface area contributed by atoms with Crippen molar-refractivity contribution in [3.05, 3.63) is 94.2 Å². The molecule has 0 unspecified atom stereocenters.